The lowest BCUT2D eigenvalue weighted by atomic mass is 9.85. The molecule has 0 spiro atoms. The number of rotatable bonds is 7. The first-order chi connectivity index (χ1) is 9.58. The summed E-state index contributed by atoms with van der Waals surface area (Å²) in [5, 5.41) is 0. The predicted molar refractivity (Wildman–Crippen MR) is 75.0 cm³/mol. The van der Waals surface area contributed by atoms with E-state index in [9.17, 15) is 9.59 Å². The van der Waals surface area contributed by atoms with Gasteiger partial charge < -0.3 is 20.1 Å². The Morgan fingerprint density at radius 2 is 1.90 bits per heavy atom. The Morgan fingerprint density at radius 3 is 2.45 bits per heavy atom. The van der Waals surface area contributed by atoms with E-state index < -0.39 is 0 Å². The predicted octanol–water partition coefficient (Wildman–Crippen LogP) is 0.542. The van der Waals surface area contributed by atoms with Crippen LogP contribution in [0.2, 0.25) is 0 Å². The van der Waals surface area contributed by atoms with Crippen LogP contribution in [0, 0.1) is 5.92 Å². The topological polar surface area (TPSA) is 81.9 Å². The van der Waals surface area contributed by atoms with Gasteiger partial charge in [0.15, 0.2) is 0 Å². The van der Waals surface area contributed by atoms with Gasteiger partial charge >= 0.3 is 5.97 Å². The van der Waals surface area contributed by atoms with Gasteiger partial charge in [0, 0.05) is 25.6 Å². The standard InChI is InChI=1S/C14H26N2O4/c1-3-20-13(17)10-16(8-9-19-2)14(18)11-4-6-12(15)7-5-11/h11-12H,3-10,15H2,1-2H3. The highest BCUT2D eigenvalue weighted by molar-refractivity contribution is 5.83. The highest BCUT2D eigenvalue weighted by atomic mass is 16.5. The summed E-state index contributed by atoms with van der Waals surface area (Å²) in [6.07, 6.45) is 3.33. The molecule has 1 aliphatic rings. The number of esters is 1. The van der Waals surface area contributed by atoms with E-state index in [1.54, 1.807) is 18.9 Å². The van der Waals surface area contributed by atoms with Crippen molar-refractivity contribution < 1.29 is 19.1 Å². The molecule has 0 aromatic carbocycles. The van der Waals surface area contributed by atoms with Crippen LogP contribution in [0.5, 0.6) is 0 Å². The number of hydrogen-bond acceptors (Lipinski definition) is 5. The molecule has 0 unspecified atom stereocenters. The van der Waals surface area contributed by atoms with Gasteiger partial charge in [0.1, 0.15) is 6.54 Å². The summed E-state index contributed by atoms with van der Waals surface area (Å²) >= 11 is 0. The molecule has 0 heterocycles. The molecule has 0 atom stereocenters. The summed E-state index contributed by atoms with van der Waals surface area (Å²) in [5.74, 6) is -0.382. The number of nitrogens with zero attached hydrogens (tertiary/aromatic N) is 1. The Labute approximate surface area is 120 Å². The zero-order chi connectivity index (χ0) is 15.0. The molecule has 0 saturated heterocycles. The van der Waals surface area contributed by atoms with Gasteiger partial charge in [-0.15, -0.1) is 0 Å². The van der Waals surface area contributed by atoms with Gasteiger partial charge in [0.2, 0.25) is 5.91 Å². The molecule has 1 amide bonds. The van der Waals surface area contributed by atoms with Crippen molar-refractivity contribution in [2.24, 2.45) is 11.7 Å². The van der Waals surface area contributed by atoms with Gasteiger partial charge in [0.25, 0.3) is 0 Å². The fraction of sp³-hybridized carbons (Fsp3) is 0.857. The molecule has 0 aliphatic heterocycles. The maximum Gasteiger partial charge on any atom is 0.325 e. The van der Waals surface area contributed by atoms with Crippen LogP contribution in [-0.4, -0.2) is 56.2 Å². The second kappa shape index (κ2) is 8.92. The normalized spacial score (nSPS) is 22.4. The molecule has 0 aromatic heterocycles. The van der Waals surface area contributed by atoms with Crippen molar-refractivity contribution in [1.82, 2.24) is 4.90 Å². The van der Waals surface area contributed by atoms with Crippen LogP contribution in [0.25, 0.3) is 0 Å². The van der Waals surface area contributed by atoms with E-state index in [4.69, 9.17) is 15.2 Å². The molecule has 0 radical (unpaired) electrons. The third kappa shape index (κ3) is 5.46. The maximum absolute atomic E-state index is 12.5. The quantitative estimate of drug-likeness (QED) is 0.691. The molecule has 2 N–H and O–H groups in total. The van der Waals surface area contributed by atoms with Crippen LogP contribution >= 0.6 is 0 Å². The molecule has 1 fully saturated rings. The van der Waals surface area contributed by atoms with Crippen LogP contribution < -0.4 is 5.73 Å². The lowest BCUT2D eigenvalue weighted by Gasteiger charge is -2.30. The van der Waals surface area contributed by atoms with E-state index in [1.807, 2.05) is 0 Å². The van der Waals surface area contributed by atoms with Crippen molar-refractivity contribution in [2.75, 3.05) is 33.4 Å². The zero-order valence-electron chi connectivity index (χ0n) is 12.5. The summed E-state index contributed by atoms with van der Waals surface area (Å²) < 4.78 is 9.92. The molecule has 1 saturated carbocycles. The highest BCUT2D eigenvalue weighted by Gasteiger charge is 2.29. The fourth-order valence-electron chi connectivity index (χ4n) is 2.46. The summed E-state index contributed by atoms with van der Waals surface area (Å²) in [7, 11) is 1.58. The van der Waals surface area contributed by atoms with E-state index in [0.717, 1.165) is 25.7 Å². The molecule has 1 aliphatic carbocycles. The lowest BCUT2D eigenvalue weighted by Crippen LogP contribution is -2.43. The minimum absolute atomic E-state index is 0.00140. The van der Waals surface area contributed by atoms with E-state index in [2.05, 4.69) is 0 Å². The zero-order valence-corrected chi connectivity index (χ0v) is 12.5. The number of hydrogen-bond donors (Lipinski definition) is 1. The minimum Gasteiger partial charge on any atom is -0.465 e. The Hall–Kier alpha value is -1.14. The fourth-order valence-corrected chi connectivity index (χ4v) is 2.46. The number of ether oxygens (including phenoxy) is 2. The van der Waals surface area contributed by atoms with Gasteiger partial charge in [-0.25, -0.2) is 0 Å². The van der Waals surface area contributed by atoms with E-state index in [-0.39, 0.29) is 30.4 Å². The average molecular weight is 286 g/mol. The van der Waals surface area contributed by atoms with Gasteiger partial charge in [-0.05, 0) is 32.6 Å². The van der Waals surface area contributed by atoms with Crippen LogP contribution in [0.4, 0.5) is 0 Å². The van der Waals surface area contributed by atoms with Crippen molar-refractivity contribution in [3.05, 3.63) is 0 Å². The second-order valence-corrected chi connectivity index (χ2v) is 5.17. The van der Waals surface area contributed by atoms with E-state index in [1.165, 1.54) is 0 Å². The Balaban J connectivity index is 2.56. The van der Waals surface area contributed by atoms with Crippen LogP contribution in [0.1, 0.15) is 32.6 Å². The number of amides is 1. The largest absolute Gasteiger partial charge is 0.465 e. The van der Waals surface area contributed by atoms with Crippen molar-refractivity contribution >= 4 is 11.9 Å². The molecule has 0 bridgehead atoms. The first-order valence-corrected chi connectivity index (χ1v) is 7.27. The summed E-state index contributed by atoms with van der Waals surface area (Å²) in [5.41, 5.74) is 5.85. The van der Waals surface area contributed by atoms with Gasteiger partial charge in [-0.1, -0.05) is 0 Å². The van der Waals surface area contributed by atoms with Crippen molar-refractivity contribution in [1.29, 1.82) is 0 Å². The monoisotopic (exact) mass is 286 g/mol. The molecule has 1 rings (SSSR count). The molecule has 0 aromatic rings. The van der Waals surface area contributed by atoms with Crippen molar-refractivity contribution in [2.45, 2.75) is 38.6 Å². The molecule has 6 heteroatoms. The highest BCUT2D eigenvalue weighted by Crippen LogP contribution is 2.25. The molecular weight excluding hydrogens is 260 g/mol. The van der Waals surface area contributed by atoms with Crippen LogP contribution in [0.15, 0.2) is 0 Å². The number of carbonyl (C=O) groups is 2. The smallest absolute Gasteiger partial charge is 0.325 e. The first kappa shape index (κ1) is 16.9. The first-order valence-electron chi connectivity index (χ1n) is 7.27. The maximum atomic E-state index is 12.5. The Kier molecular flexibility index (Phi) is 7.54. The summed E-state index contributed by atoms with van der Waals surface area (Å²) in [6, 6.07) is 0.205. The van der Waals surface area contributed by atoms with Gasteiger partial charge in [-0.3, -0.25) is 9.59 Å². The third-order valence-electron chi connectivity index (χ3n) is 3.62. The third-order valence-corrected chi connectivity index (χ3v) is 3.62. The van der Waals surface area contributed by atoms with Crippen molar-refractivity contribution in [3.8, 4) is 0 Å². The number of methoxy groups -OCH3 is 1. The summed E-state index contributed by atoms with van der Waals surface area (Å²) in [6.45, 7) is 2.90. The molecule has 20 heavy (non-hydrogen) atoms. The van der Waals surface area contributed by atoms with Crippen molar-refractivity contribution in [3.63, 3.8) is 0 Å². The molecule has 6 nitrogen and oxygen atoms in total. The van der Waals surface area contributed by atoms with E-state index in [0.29, 0.717) is 19.8 Å². The lowest BCUT2D eigenvalue weighted by molar-refractivity contribution is -0.151. The van der Waals surface area contributed by atoms with E-state index >= 15 is 0 Å². The number of carbonyl (C=O) groups excluding carboxylic acids is 2. The molecule has 116 valence electrons. The van der Waals surface area contributed by atoms with Crippen LogP contribution in [0.3, 0.4) is 0 Å². The van der Waals surface area contributed by atoms with Gasteiger partial charge in [-0.2, -0.15) is 0 Å². The average Bonchev–Trinajstić information content (AvgIpc) is 2.44. The SMILES string of the molecule is CCOC(=O)CN(CCOC)C(=O)C1CCC(N)CC1. The molecular formula is C14H26N2O4. The Morgan fingerprint density at radius 1 is 1.25 bits per heavy atom. The van der Waals surface area contributed by atoms with Crippen LogP contribution in [-0.2, 0) is 19.1 Å². The Bertz CT molecular complexity index is 314. The summed E-state index contributed by atoms with van der Waals surface area (Å²) in [4.78, 5) is 25.6. The van der Waals surface area contributed by atoms with Gasteiger partial charge in [0.05, 0.1) is 13.2 Å². The second-order valence-electron chi connectivity index (χ2n) is 5.17. The minimum atomic E-state index is -0.371. The number of nitrogens with two attached hydrogens (primary N) is 1.